The molecule has 7 heteroatoms. The van der Waals surface area contributed by atoms with Crippen molar-refractivity contribution in [1.29, 1.82) is 0 Å². The lowest BCUT2D eigenvalue weighted by Gasteiger charge is -2.25. The van der Waals surface area contributed by atoms with Gasteiger partial charge < -0.3 is 10.2 Å². The second kappa shape index (κ2) is 9.87. The molecule has 138 valence electrons. The molecular formula is C18H25BrFIN4. The lowest BCUT2D eigenvalue weighted by molar-refractivity contribution is 0.259. The summed E-state index contributed by atoms with van der Waals surface area (Å²) >= 11 is 3.29. The van der Waals surface area contributed by atoms with E-state index in [1.807, 2.05) is 6.07 Å². The van der Waals surface area contributed by atoms with Gasteiger partial charge in [0.05, 0.1) is 6.54 Å². The minimum Gasteiger partial charge on any atom is -0.357 e. The zero-order valence-electron chi connectivity index (χ0n) is 14.4. The number of benzene rings is 1. The Bertz CT molecular complexity index is 630. The molecule has 0 saturated carbocycles. The first-order valence-corrected chi connectivity index (χ1v) is 9.33. The maximum Gasteiger partial charge on any atom is 0.194 e. The second-order valence-corrected chi connectivity index (χ2v) is 7.14. The predicted octanol–water partition coefficient (Wildman–Crippen LogP) is 3.62. The fourth-order valence-electron chi connectivity index (χ4n) is 3.26. The molecular weight excluding hydrogens is 498 g/mol. The largest absolute Gasteiger partial charge is 0.357 e. The number of halogens is 3. The fraction of sp³-hybridized carbons (Fsp3) is 0.500. The van der Waals surface area contributed by atoms with Crippen molar-refractivity contribution >= 4 is 45.9 Å². The highest BCUT2D eigenvalue weighted by Gasteiger charge is 2.29. The van der Waals surface area contributed by atoms with Crippen LogP contribution in [0.25, 0.3) is 0 Å². The highest BCUT2D eigenvalue weighted by molar-refractivity contribution is 14.0. The molecule has 0 amide bonds. The molecule has 0 spiro atoms. The zero-order valence-corrected chi connectivity index (χ0v) is 18.3. The number of aliphatic imine (C=N–C) groups is 1. The van der Waals surface area contributed by atoms with Crippen LogP contribution in [0, 0.1) is 5.82 Å². The van der Waals surface area contributed by atoms with Crippen molar-refractivity contribution < 1.29 is 4.39 Å². The average molecular weight is 523 g/mol. The Balaban J connectivity index is 0.00000225. The van der Waals surface area contributed by atoms with E-state index >= 15 is 0 Å². The first-order valence-electron chi connectivity index (χ1n) is 8.53. The minimum atomic E-state index is -0.216. The van der Waals surface area contributed by atoms with Gasteiger partial charge in [-0.25, -0.2) is 9.38 Å². The average Bonchev–Trinajstić information content (AvgIpc) is 3.24. The molecule has 2 aliphatic rings. The summed E-state index contributed by atoms with van der Waals surface area (Å²) in [6.07, 6.45) is 5.62. The van der Waals surface area contributed by atoms with Gasteiger partial charge in [0.25, 0.3) is 0 Å². The summed E-state index contributed by atoms with van der Waals surface area (Å²) in [5, 5.41) is 3.35. The summed E-state index contributed by atoms with van der Waals surface area (Å²) in [6, 6.07) is 5.71. The molecule has 4 nitrogen and oxygen atoms in total. The Morgan fingerprint density at radius 1 is 1.36 bits per heavy atom. The molecule has 0 aromatic heterocycles. The van der Waals surface area contributed by atoms with Gasteiger partial charge >= 0.3 is 0 Å². The first-order chi connectivity index (χ1) is 11.7. The standard InChI is InChI=1S/C18H24BrFN4.HI/c1-2-21-18(22-12-14-5-6-15(19)11-17(14)20)24-10-7-16(13-24)23-8-3-4-9-23;/h3-6,11,16H,2,7-10,12-13H2,1H3,(H,21,22);1H. The maximum absolute atomic E-state index is 14.0. The van der Waals surface area contributed by atoms with Crippen LogP contribution in [-0.2, 0) is 6.54 Å². The monoisotopic (exact) mass is 522 g/mol. The molecule has 0 radical (unpaired) electrons. The molecule has 1 saturated heterocycles. The molecule has 1 unspecified atom stereocenters. The van der Waals surface area contributed by atoms with Gasteiger partial charge in [-0.05, 0) is 25.5 Å². The molecule has 1 atom stereocenters. The first kappa shape index (κ1) is 20.6. The summed E-state index contributed by atoms with van der Waals surface area (Å²) in [4.78, 5) is 9.45. The summed E-state index contributed by atoms with van der Waals surface area (Å²) in [5.41, 5.74) is 0.619. The van der Waals surface area contributed by atoms with Crippen LogP contribution in [-0.4, -0.2) is 54.5 Å². The minimum absolute atomic E-state index is 0. The van der Waals surface area contributed by atoms with E-state index in [9.17, 15) is 4.39 Å². The van der Waals surface area contributed by atoms with Gasteiger partial charge in [-0.2, -0.15) is 0 Å². The molecule has 3 rings (SSSR count). The summed E-state index contributed by atoms with van der Waals surface area (Å²) in [6.45, 7) is 7.31. The van der Waals surface area contributed by atoms with Gasteiger partial charge in [0, 0.05) is 48.8 Å². The molecule has 2 heterocycles. The number of hydrogen-bond donors (Lipinski definition) is 1. The van der Waals surface area contributed by atoms with E-state index in [0.29, 0.717) is 18.2 Å². The van der Waals surface area contributed by atoms with Crippen LogP contribution in [0.5, 0.6) is 0 Å². The lowest BCUT2D eigenvalue weighted by atomic mass is 10.2. The molecule has 1 aromatic carbocycles. The van der Waals surface area contributed by atoms with Crippen molar-refractivity contribution in [3.63, 3.8) is 0 Å². The van der Waals surface area contributed by atoms with Gasteiger partial charge in [0.1, 0.15) is 5.82 Å². The molecule has 0 aliphatic carbocycles. The van der Waals surface area contributed by atoms with E-state index < -0.39 is 0 Å². The Labute approximate surface area is 174 Å². The van der Waals surface area contributed by atoms with E-state index in [1.54, 1.807) is 6.07 Å². The number of guanidine groups is 1. The predicted molar refractivity (Wildman–Crippen MR) is 115 cm³/mol. The Morgan fingerprint density at radius 2 is 2.12 bits per heavy atom. The van der Waals surface area contributed by atoms with Crippen LogP contribution in [0.15, 0.2) is 39.8 Å². The highest BCUT2D eigenvalue weighted by Crippen LogP contribution is 2.19. The number of likely N-dealkylation sites (tertiary alicyclic amines) is 1. The molecule has 1 aromatic rings. The van der Waals surface area contributed by atoms with Crippen LogP contribution in [0.4, 0.5) is 4.39 Å². The quantitative estimate of drug-likeness (QED) is 0.283. The third kappa shape index (κ3) is 5.40. The maximum atomic E-state index is 14.0. The molecule has 0 bridgehead atoms. The van der Waals surface area contributed by atoms with E-state index in [1.165, 1.54) is 6.07 Å². The third-order valence-electron chi connectivity index (χ3n) is 4.57. The highest BCUT2D eigenvalue weighted by atomic mass is 127. The number of hydrogen-bond acceptors (Lipinski definition) is 2. The van der Waals surface area contributed by atoms with E-state index in [4.69, 9.17) is 0 Å². The van der Waals surface area contributed by atoms with Crippen molar-refractivity contribution in [2.24, 2.45) is 4.99 Å². The van der Waals surface area contributed by atoms with Gasteiger partial charge in [0.15, 0.2) is 5.96 Å². The Hall–Kier alpha value is -0.670. The normalized spacial score (nSPS) is 20.8. The molecule has 2 aliphatic heterocycles. The van der Waals surface area contributed by atoms with E-state index in [0.717, 1.165) is 49.6 Å². The summed E-state index contributed by atoms with van der Waals surface area (Å²) in [5.74, 6) is 0.667. The third-order valence-corrected chi connectivity index (χ3v) is 5.07. The van der Waals surface area contributed by atoms with Crippen LogP contribution in [0.1, 0.15) is 18.9 Å². The van der Waals surface area contributed by atoms with Crippen LogP contribution < -0.4 is 5.32 Å². The van der Waals surface area contributed by atoms with Crippen molar-refractivity contribution in [3.8, 4) is 0 Å². The number of rotatable bonds is 4. The topological polar surface area (TPSA) is 30.9 Å². The fourth-order valence-corrected chi connectivity index (χ4v) is 3.59. The van der Waals surface area contributed by atoms with Crippen LogP contribution in [0.3, 0.4) is 0 Å². The van der Waals surface area contributed by atoms with Crippen molar-refractivity contribution in [3.05, 3.63) is 46.2 Å². The van der Waals surface area contributed by atoms with E-state index in [-0.39, 0.29) is 29.8 Å². The smallest absolute Gasteiger partial charge is 0.194 e. The van der Waals surface area contributed by atoms with Crippen molar-refractivity contribution in [1.82, 2.24) is 15.1 Å². The second-order valence-electron chi connectivity index (χ2n) is 6.22. The van der Waals surface area contributed by atoms with Crippen LogP contribution >= 0.6 is 39.9 Å². The van der Waals surface area contributed by atoms with Gasteiger partial charge in [0.2, 0.25) is 0 Å². The SMILES string of the molecule is CCNC(=NCc1ccc(Br)cc1F)N1CCC(N2CC=CC2)C1.I. The van der Waals surface area contributed by atoms with Gasteiger partial charge in [-0.3, -0.25) is 4.90 Å². The van der Waals surface area contributed by atoms with Crippen LogP contribution in [0.2, 0.25) is 0 Å². The Kier molecular flexibility index (Phi) is 8.15. The number of nitrogens with one attached hydrogen (secondary N) is 1. The summed E-state index contributed by atoms with van der Waals surface area (Å²) in [7, 11) is 0. The summed E-state index contributed by atoms with van der Waals surface area (Å²) < 4.78 is 14.7. The van der Waals surface area contributed by atoms with Crippen molar-refractivity contribution in [2.75, 3.05) is 32.7 Å². The molecule has 1 N–H and O–H groups in total. The lowest BCUT2D eigenvalue weighted by Crippen LogP contribution is -2.42. The Morgan fingerprint density at radius 3 is 2.80 bits per heavy atom. The molecule has 1 fully saturated rings. The number of nitrogens with zero attached hydrogens (tertiary/aromatic N) is 3. The zero-order chi connectivity index (χ0) is 16.9. The van der Waals surface area contributed by atoms with E-state index in [2.05, 4.69) is 55.1 Å². The van der Waals surface area contributed by atoms with Gasteiger partial charge in [-0.15, -0.1) is 24.0 Å². The van der Waals surface area contributed by atoms with Crippen molar-refractivity contribution in [2.45, 2.75) is 25.9 Å². The van der Waals surface area contributed by atoms with Gasteiger partial charge in [-0.1, -0.05) is 34.1 Å². The molecule has 25 heavy (non-hydrogen) atoms.